The summed E-state index contributed by atoms with van der Waals surface area (Å²) in [5, 5.41) is 13.6. The number of hydrogen-bond acceptors (Lipinski definition) is 6. The van der Waals surface area contributed by atoms with E-state index in [0.29, 0.717) is 28.1 Å². The summed E-state index contributed by atoms with van der Waals surface area (Å²) in [5.41, 5.74) is 1.63. The summed E-state index contributed by atoms with van der Waals surface area (Å²) >= 11 is 0. The smallest absolute Gasteiger partial charge is 0.417 e. The number of oxazole rings is 1. The fourth-order valence-electron chi connectivity index (χ4n) is 2.65. The van der Waals surface area contributed by atoms with Crippen LogP contribution in [0.2, 0.25) is 0 Å². The van der Waals surface area contributed by atoms with Crippen molar-refractivity contribution in [3.8, 4) is 17.2 Å². The van der Waals surface area contributed by atoms with Crippen LogP contribution in [-0.4, -0.2) is 16.0 Å². The number of carbonyl (C=O) groups excluding carboxylic acids is 1. The number of aromatic nitrogens is 1. The third-order valence-electron chi connectivity index (χ3n) is 3.93. The van der Waals surface area contributed by atoms with Gasteiger partial charge in [-0.3, -0.25) is 15.4 Å². The molecule has 0 bridgehead atoms. The lowest BCUT2D eigenvalue weighted by Gasteiger charge is -2.09. The van der Waals surface area contributed by atoms with Crippen LogP contribution >= 0.6 is 0 Å². The minimum atomic E-state index is -0.662. The minimum Gasteiger partial charge on any atom is -0.436 e. The molecule has 0 radical (unpaired) electrons. The summed E-state index contributed by atoms with van der Waals surface area (Å²) in [6, 6.07) is 19.7. The lowest BCUT2D eigenvalue weighted by Crippen LogP contribution is -2.17. The Kier molecular flexibility index (Phi) is 4.43. The number of rotatable bonds is 4. The number of benzene rings is 3. The largest absolute Gasteiger partial charge is 0.436 e. The number of nitro groups is 1. The summed E-state index contributed by atoms with van der Waals surface area (Å²) in [5.74, 6) is 0.637. The van der Waals surface area contributed by atoms with E-state index in [4.69, 9.17) is 9.15 Å². The van der Waals surface area contributed by atoms with Gasteiger partial charge in [0.1, 0.15) is 11.3 Å². The number of anilines is 1. The minimum absolute atomic E-state index is 0.0785. The van der Waals surface area contributed by atoms with Gasteiger partial charge in [0.05, 0.1) is 16.2 Å². The van der Waals surface area contributed by atoms with E-state index in [1.165, 1.54) is 18.2 Å². The molecule has 8 heteroatoms. The number of para-hydroxylation sites is 2. The summed E-state index contributed by atoms with van der Waals surface area (Å²) in [6.07, 6.45) is -0.662. The van der Waals surface area contributed by atoms with Crippen molar-refractivity contribution in [1.29, 1.82) is 0 Å². The third-order valence-corrected chi connectivity index (χ3v) is 3.93. The first kappa shape index (κ1) is 17.2. The van der Waals surface area contributed by atoms with Crippen LogP contribution in [0.15, 0.2) is 77.2 Å². The van der Waals surface area contributed by atoms with E-state index < -0.39 is 11.0 Å². The molecule has 0 unspecified atom stereocenters. The maximum Gasteiger partial charge on any atom is 0.417 e. The molecule has 0 saturated carbocycles. The summed E-state index contributed by atoms with van der Waals surface area (Å²) < 4.78 is 10.9. The number of carbonyl (C=O) groups is 1. The number of ether oxygens (including phenoxy) is 1. The van der Waals surface area contributed by atoms with Crippen molar-refractivity contribution in [2.45, 2.75) is 0 Å². The first-order valence-electron chi connectivity index (χ1n) is 8.28. The summed E-state index contributed by atoms with van der Waals surface area (Å²) in [4.78, 5) is 26.9. The van der Waals surface area contributed by atoms with Crippen molar-refractivity contribution < 1.29 is 18.9 Å². The van der Waals surface area contributed by atoms with Crippen molar-refractivity contribution in [3.63, 3.8) is 0 Å². The molecule has 0 saturated heterocycles. The predicted octanol–water partition coefficient (Wildman–Crippen LogP) is 5.01. The average molecular weight is 375 g/mol. The lowest BCUT2D eigenvalue weighted by molar-refractivity contribution is -0.384. The van der Waals surface area contributed by atoms with Gasteiger partial charge in [-0.2, -0.15) is 0 Å². The van der Waals surface area contributed by atoms with Crippen molar-refractivity contribution in [3.05, 3.63) is 82.9 Å². The second-order valence-electron chi connectivity index (χ2n) is 5.80. The Labute approximate surface area is 158 Å². The van der Waals surface area contributed by atoms with Crippen LogP contribution in [0.5, 0.6) is 5.75 Å². The second-order valence-corrected chi connectivity index (χ2v) is 5.80. The van der Waals surface area contributed by atoms with Crippen LogP contribution in [0.1, 0.15) is 0 Å². The van der Waals surface area contributed by atoms with Gasteiger partial charge in [-0.15, -0.1) is 0 Å². The van der Waals surface area contributed by atoms with Crippen LogP contribution in [0.3, 0.4) is 0 Å². The zero-order valence-electron chi connectivity index (χ0n) is 14.4. The van der Waals surface area contributed by atoms with E-state index in [2.05, 4.69) is 10.3 Å². The summed E-state index contributed by atoms with van der Waals surface area (Å²) in [6.45, 7) is 0. The van der Waals surface area contributed by atoms with Crippen LogP contribution in [0, 0.1) is 10.1 Å². The molecule has 0 aliphatic carbocycles. The highest BCUT2D eigenvalue weighted by Gasteiger charge is 2.16. The molecule has 0 fully saturated rings. The molecular weight excluding hydrogens is 362 g/mol. The molecule has 4 aromatic rings. The molecule has 0 atom stereocenters. The highest BCUT2D eigenvalue weighted by molar-refractivity contribution is 5.92. The van der Waals surface area contributed by atoms with Crippen molar-refractivity contribution in [2.24, 2.45) is 0 Å². The zero-order chi connectivity index (χ0) is 19.5. The van der Waals surface area contributed by atoms with Crippen LogP contribution in [-0.2, 0) is 0 Å². The van der Waals surface area contributed by atoms with Crippen molar-refractivity contribution in [2.75, 3.05) is 5.32 Å². The number of fused-ring (bicyclic) bond motifs is 1. The van der Waals surface area contributed by atoms with Gasteiger partial charge in [-0.1, -0.05) is 30.3 Å². The van der Waals surface area contributed by atoms with Gasteiger partial charge >= 0.3 is 6.09 Å². The molecule has 1 N–H and O–H groups in total. The van der Waals surface area contributed by atoms with Crippen LogP contribution in [0.25, 0.3) is 22.6 Å². The molecule has 4 rings (SSSR count). The van der Waals surface area contributed by atoms with E-state index in [9.17, 15) is 14.9 Å². The number of nitrogens with zero attached hydrogens (tertiary/aromatic N) is 2. The Hall–Kier alpha value is -4.20. The normalized spacial score (nSPS) is 10.6. The van der Waals surface area contributed by atoms with Gasteiger partial charge in [0.25, 0.3) is 5.69 Å². The standard InChI is InChI=1S/C20H13N3O5/c24-20(27-14-6-2-1-3-7-14)22-16-9-5-4-8-15(16)19-21-17-12-13(23(25)26)10-11-18(17)28-19/h1-12H,(H,22,24). The monoisotopic (exact) mass is 375 g/mol. The van der Waals surface area contributed by atoms with Crippen LogP contribution < -0.4 is 10.1 Å². The topological polar surface area (TPSA) is 108 Å². The fraction of sp³-hybridized carbons (Fsp3) is 0. The number of amides is 1. The molecule has 1 aromatic heterocycles. The van der Waals surface area contributed by atoms with E-state index in [1.807, 2.05) is 6.07 Å². The molecular formula is C20H13N3O5. The van der Waals surface area contributed by atoms with Crippen molar-refractivity contribution >= 4 is 28.6 Å². The lowest BCUT2D eigenvalue weighted by atomic mass is 10.2. The maximum absolute atomic E-state index is 12.2. The molecule has 1 heterocycles. The van der Waals surface area contributed by atoms with E-state index in [0.717, 1.165) is 0 Å². The molecule has 0 spiro atoms. The molecule has 3 aromatic carbocycles. The second kappa shape index (κ2) is 7.20. The SMILES string of the molecule is O=C(Nc1ccccc1-c1nc2cc([N+](=O)[O-])ccc2o1)Oc1ccccc1. The molecule has 0 aliphatic rings. The Balaban J connectivity index is 1.63. The predicted molar refractivity (Wildman–Crippen MR) is 102 cm³/mol. The highest BCUT2D eigenvalue weighted by atomic mass is 16.6. The van der Waals surface area contributed by atoms with Crippen molar-refractivity contribution in [1.82, 2.24) is 4.98 Å². The summed E-state index contributed by atoms with van der Waals surface area (Å²) in [7, 11) is 0. The zero-order valence-corrected chi connectivity index (χ0v) is 14.4. The van der Waals surface area contributed by atoms with E-state index in [1.54, 1.807) is 48.5 Å². The Morgan fingerprint density at radius 1 is 1.04 bits per heavy atom. The van der Waals surface area contributed by atoms with E-state index >= 15 is 0 Å². The Bertz CT molecular complexity index is 1170. The molecule has 1 amide bonds. The van der Waals surface area contributed by atoms with E-state index in [-0.39, 0.29) is 11.6 Å². The molecule has 28 heavy (non-hydrogen) atoms. The average Bonchev–Trinajstić information content (AvgIpc) is 3.12. The number of non-ortho nitro benzene ring substituents is 1. The van der Waals surface area contributed by atoms with Gasteiger partial charge in [0, 0.05) is 12.1 Å². The van der Waals surface area contributed by atoms with Gasteiger partial charge in [0.15, 0.2) is 5.58 Å². The number of nitrogens with one attached hydrogen (secondary N) is 1. The van der Waals surface area contributed by atoms with Gasteiger partial charge in [-0.25, -0.2) is 9.78 Å². The molecule has 8 nitrogen and oxygen atoms in total. The Morgan fingerprint density at radius 3 is 2.57 bits per heavy atom. The first-order valence-corrected chi connectivity index (χ1v) is 8.28. The third kappa shape index (κ3) is 3.51. The highest BCUT2D eigenvalue weighted by Crippen LogP contribution is 2.31. The quantitative estimate of drug-likeness (QED) is 0.397. The number of hydrogen-bond donors (Lipinski definition) is 1. The maximum atomic E-state index is 12.2. The van der Waals surface area contributed by atoms with Crippen LogP contribution in [0.4, 0.5) is 16.2 Å². The molecule has 0 aliphatic heterocycles. The van der Waals surface area contributed by atoms with Gasteiger partial charge < -0.3 is 9.15 Å². The van der Waals surface area contributed by atoms with Gasteiger partial charge in [0.2, 0.25) is 5.89 Å². The number of nitro benzene ring substituents is 1. The van der Waals surface area contributed by atoms with Gasteiger partial charge in [-0.05, 0) is 30.3 Å². The first-order chi connectivity index (χ1) is 13.6. The Morgan fingerprint density at radius 2 is 1.79 bits per heavy atom. The molecule has 138 valence electrons. The fourth-order valence-corrected chi connectivity index (χ4v) is 2.65.